The van der Waals surface area contributed by atoms with E-state index in [0.29, 0.717) is 15.6 Å². The number of amides is 1. The summed E-state index contributed by atoms with van der Waals surface area (Å²) < 4.78 is 0. The molecule has 0 aliphatic rings. The fraction of sp³-hybridized carbons (Fsp3) is 0.200. The molecule has 0 aliphatic heterocycles. The molecule has 1 aromatic heterocycles. The first-order chi connectivity index (χ1) is 9.60. The number of carbonyl (C=O) groups excluding carboxylic acids is 1. The van der Waals surface area contributed by atoms with E-state index in [1.807, 2.05) is 26.0 Å². The minimum Gasteiger partial charge on any atom is -0.384 e. The topological polar surface area (TPSA) is 62.2 Å². The van der Waals surface area contributed by atoms with E-state index in [1.165, 1.54) is 11.3 Å². The fourth-order valence-corrected chi connectivity index (χ4v) is 2.44. The Morgan fingerprint density at radius 1 is 1.45 bits per heavy atom. The van der Waals surface area contributed by atoms with Crippen molar-refractivity contribution in [3.05, 3.63) is 46.0 Å². The van der Waals surface area contributed by atoms with Crippen LogP contribution in [0.1, 0.15) is 26.4 Å². The number of nitrogens with one attached hydrogen (secondary N) is 1. The maximum Gasteiger partial charge on any atom is 0.257 e. The van der Waals surface area contributed by atoms with Crippen molar-refractivity contribution < 1.29 is 9.90 Å². The monoisotopic (exact) mass is 286 g/mol. The highest BCUT2D eigenvalue weighted by Crippen LogP contribution is 2.19. The van der Waals surface area contributed by atoms with E-state index >= 15 is 0 Å². The SMILES string of the molecule is Cc1ccc(C(=O)Nc2ncc(C#CCO)s2)c(C)c1. The molecule has 1 heterocycles. The normalized spacial score (nSPS) is 9.75. The summed E-state index contributed by atoms with van der Waals surface area (Å²) in [5.41, 5.74) is 2.68. The van der Waals surface area contributed by atoms with Crippen LogP contribution in [0.15, 0.2) is 24.4 Å². The Morgan fingerprint density at radius 2 is 2.25 bits per heavy atom. The average molecular weight is 286 g/mol. The van der Waals surface area contributed by atoms with Gasteiger partial charge in [-0.2, -0.15) is 0 Å². The van der Waals surface area contributed by atoms with Crippen molar-refractivity contribution >= 4 is 22.4 Å². The highest BCUT2D eigenvalue weighted by molar-refractivity contribution is 7.16. The fourth-order valence-electron chi connectivity index (χ4n) is 1.75. The van der Waals surface area contributed by atoms with E-state index in [2.05, 4.69) is 22.1 Å². The standard InChI is InChI=1S/C15H14N2O2S/c1-10-5-6-13(11(2)8-10)14(19)17-15-16-9-12(20-15)4-3-7-18/h5-6,8-9,18H,7H2,1-2H3,(H,16,17,19). The molecule has 0 saturated heterocycles. The van der Waals surface area contributed by atoms with Gasteiger partial charge in [-0.1, -0.05) is 40.9 Å². The van der Waals surface area contributed by atoms with E-state index in [4.69, 9.17) is 5.11 Å². The van der Waals surface area contributed by atoms with Crippen molar-refractivity contribution in [3.63, 3.8) is 0 Å². The largest absolute Gasteiger partial charge is 0.384 e. The predicted octanol–water partition coefficient (Wildman–Crippen LogP) is 2.36. The van der Waals surface area contributed by atoms with Crippen LogP contribution in [0.25, 0.3) is 0 Å². The second-order valence-electron chi connectivity index (χ2n) is 4.26. The Bertz CT molecular complexity index is 695. The Balaban J connectivity index is 2.13. The number of thiazole rings is 1. The van der Waals surface area contributed by atoms with Crippen LogP contribution in [0.2, 0.25) is 0 Å². The highest BCUT2D eigenvalue weighted by atomic mass is 32.1. The maximum atomic E-state index is 12.1. The molecule has 0 fully saturated rings. The molecule has 4 nitrogen and oxygen atoms in total. The Kier molecular flexibility index (Phi) is 4.51. The zero-order valence-electron chi connectivity index (χ0n) is 11.2. The van der Waals surface area contributed by atoms with Crippen molar-refractivity contribution in [2.45, 2.75) is 13.8 Å². The molecule has 0 radical (unpaired) electrons. The zero-order chi connectivity index (χ0) is 14.5. The molecular formula is C15H14N2O2S. The molecule has 102 valence electrons. The number of aliphatic hydroxyl groups is 1. The van der Waals surface area contributed by atoms with Crippen molar-refractivity contribution in [2.75, 3.05) is 11.9 Å². The molecule has 2 aromatic rings. The van der Waals surface area contributed by atoms with Crippen LogP contribution in [0.5, 0.6) is 0 Å². The second kappa shape index (κ2) is 6.33. The number of rotatable bonds is 2. The number of hydrogen-bond donors (Lipinski definition) is 2. The molecule has 5 heteroatoms. The molecule has 1 aromatic carbocycles. The minimum absolute atomic E-state index is 0.182. The second-order valence-corrected chi connectivity index (χ2v) is 5.29. The Morgan fingerprint density at radius 3 is 2.95 bits per heavy atom. The summed E-state index contributed by atoms with van der Waals surface area (Å²) in [6.07, 6.45) is 1.57. The minimum atomic E-state index is -0.192. The van der Waals surface area contributed by atoms with E-state index < -0.39 is 0 Å². The van der Waals surface area contributed by atoms with Crippen LogP contribution in [-0.4, -0.2) is 22.6 Å². The molecule has 2 N–H and O–H groups in total. The lowest BCUT2D eigenvalue weighted by molar-refractivity contribution is 0.102. The van der Waals surface area contributed by atoms with Gasteiger partial charge in [0.25, 0.3) is 5.91 Å². The molecule has 0 saturated carbocycles. The maximum absolute atomic E-state index is 12.1. The summed E-state index contributed by atoms with van der Waals surface area (Å²) in [6.45, 7) is 3.70. The lowest BCUT2D eigenvalue weighted by Gasteiger charge is -2.05. The highest BCUT2D eigenvalue weighted by Gasteiger charge is 2.11. The number of benzene rings is 1. The number of anilines is 1. The van der Waals surface area contributed by atoms with Gasteiger partial charge in [0.2, 0.25) is 0 Å². The van der Waals surface area contributed by atoms with E-state index in [1.54, 1.807) is 12.3 Å². The number of aliphatic hydroxyl groups excluding tert-OH is 1. The van der Waals surface area contributed by atoms with Gasteiger partial charge in [-0.05, 0) is 25.5 Å². The van der Waals surface area contributed by atoms with Crippen molar-refractivity contribution in [3.8, 4) is 11.8 Å². The van der Waals surface area contributed by atoms with Crippen LogP contribution in [0, 0.1) is 25.7 Å². The van der Waals surface area contributed by atoms with Gasteiger partial charge in [0.15, 0.2) is 5.13 Å². The number of aromatic nitrogens is 1. The summed E-state index contributed by atoms with van der Waals surface area (Å²) in [5.74, 6) is 5.11. The van der Waals surface area contributed by atoms with Gasteiger partial charge >= 0.3 is 0 Å². The van der Waals surface area contributed by atoms with Crippen LogP contribution in [0.4, 0.5) is 5.13 Å². The van der Waals surface area contributed by atoms with Crippen LogP contribution in [-0.2, 0) is 0 Å². The van der Waals surface area contributed by atoms with Crippen molar-refractivity contribution in [2.24, 2.45) is 0 Å². The van der Waals surface area contributed by atoms with Crippen LogP contribution in [0.3, 0.4) is 0 Å². The molecule has 0 spiro atoms. The smallest absolute Gasteiger partial charge is 0.257 e. The van der Waals surface area contributed by atoms with E-state index in [0.717, 1.165) is 11.1 Å². The third kappa shape index (κ3) is 3.44. The molecular weight excluding hydrogens is 272 g/mol. The number of nitrogens with zero attached hydrogens (tertiary/aromatic N) is 1. The van der Waals surface area contributed by atoms with Gasteiger partial charge in [-0.15, -0.1) is 0 Å². The summed E-state index contributed by atoms with van der Waals surface area (Å²) >= 11 is 1.28. The summed E-state index contributed by atoms with van der Waals surface area (Å²) in [7, 11) is 0. The number of hydrogen-bond acceptors (Lipinski definition) is 4. The first kappa shape index (κ1) is 14.3. The van der Waals surface area contributed by atoms with Gasteiger partial charge in [0, 0.05) is 5.56 Å². The lowest BCUT2D eigenvalue weighted by atomic mass is 10.1. The molecule has 0 atom stereocenters. The van der Waals surface area contributed by atoms with Crippen LogP contribution < -0.4 is 5.32 Å². The van der Waals surface area contributed by atoms with Gasteiger partial charge < -0.3 is 5.11 Å². The third-order valence-corrected chi connectivity index (χ3v) is 3.47. The molecule has 2 rings (SSSR count). The Hall–Kier alpha value is -2.16. The van der Waals surface area contributed by atoms with Gasteiger partial charge in [-0.3, -0.25) is 10.1 Å². The zero-order valence-corrected chi connectivity index (χ0v) is 12.0. The van der Waals surface area contributed by atoms with Gasteiger partial charge in [-0.25, -0.2) is 4.98 Å². The third-order valence-electron chi connectivity index (χ3n) is 2.64. The molecule has 0 bridgehead atoms. The quantitative estimate of drug-likeness (QED) is 0.833. The van der Waals surface area contributed by atoms with Crippen molar-refractivity contribution in [1.82, 2.24) is 4.98 Å². The van der Waals surface area contributed by atoms with Crippen molar-refractivity contribution in [1.29, 1.82) is 0 Å². The first-order valence-corrected chi connectivity index (χ1v) is 6.86. The molecule has 20 heavy (non-hydrogen) atoms. The molecule has 1 amide bonds. The summed E-state index contributed by atoms with van der Waals surface area (Å²) in [6, 6.07) is 5.68. The summed E-state index contributed by atoms with van der Waals surface area (Å²) in [4.78, 5) is 16.9. The average Bonchev–Trinajstić information content (AvgIpc) is 2.83. The van der Waals surface area contributed by atoms with Gasteiger partial charge in [0.1, 0.15) is 6.61 Å². The molecule has 0 unspecified atom stereocenters. The predicted molar refractivity (Wildman–Crippen MR) is 79.9 cm³/mol. The number of carbonyl (C=O) groups is 1. The number of aryl methyl sites for hydroxylation is 2. The van der Waals surface area contributed by atoms with E-state index in [9.17, 15) is 4.79 Å². The first-order valence-electron chi connectivity index (χ1n) is 6.04. The molecule has 0 aliphatic carbocycles. The van der Waals surface area contributed by atoms with Crippen LogP contribution >= 0.6 is 11.3 Å². The summed E-state index contributed by atoms with van der Waals surface area (Å²) in [5, 5.41) is 11.9. The Labute approximate surface area is 121 Å². The van der Waals surface area contributed by atoms with Gasteiger partial charge in [0.05, 0.1) is 11.1 Å². The lowest BCUT2D eigenvalue weighted by Crippen LogP contribution is -2.13. The van der Waals surface area contributed by atoms with E-state index in [-0.39, 0.29) is 12.5 Å².